The van der Waals surface area contributed by atoms with Crippen molar-refractivity contribution in [3.8, 4) is 0 Å². The summed E-state index contributed by atoms with van der Waals surface area (Å²) in [6.45, 7) is 6.13. The Kier molecular flexibility index (Phi) is 5.44. The van der Waals surface area contributed by atoms with Gasteiger partial charge >= 0.3 is 0 Å². The number of nitrogens with zero attached hydrogens (tertiary/aromatic N) is 3. The number of hydrogen-bond donors (Lipinski definition) is 0. The van der Waals surface area contributed by atoms with Crippen molar-refractivity contribution in [2.45, 2.75) is 33.2 Å². The van der Waals surface area contributed by atoms with Gasteiger partial charge in [0.25, 0.3) is 11.6 Å². The van der Waals surface area contributed by atoms with E-state index in [2.05, 4.69) is 4.98 Å². The Hall–Kier alpha value is -2.28. The molecule has 2 aromatic rings. The van der Waals surface area contributed by atoms with Crippen LogP contribution in [0.15, 0.2) is 30.6 Å². The van der Waals surface area contributed by atoms with Crippen molar-refractivity contribution in [2.75, 3.05) is 6.54 Å². The molecule has 0 aromatic carbocycles. The Morgan fingerprint density at radius 1 is 1.39 bits per heavy atom. The average molecular weight is 333 g/mol. The molecule has 0 aliphatic heterocycles. The number of hydrogen-bond acceptors (Lipinski definition) is 5. The second-order valence-corrected chi connectivity index (χ2v) is 6.36. The molecule has 6 nitrogen and oxygen atoms in total. The van der Waals surface area contributed by atoms with Gasteiger partial charge in [-0.25, -0.2) is 0 Å². The second kappa shape index (κ2) is 7.32. The van der Waals surface area contributed by atoms with E-state index in [0.29, 0.717) is 16.3 Å². The molecule has 0 aliphatic rings. The lowest BCUT2D eigenvalue weighted by atomic mass is 10.0. The Morgan fingerprint density at radius 3 is 2.52 bits per heavy atom. The van der Waals surface area contributed by atoms with E-state index in [1.807, 2.05) is 26.0 Å². The van der Waals surface area contributed by atoms with Gasteiger partial charge in [-0.2, -0.15) is 0 Å². The molecule has 23 heavy (non-hydrogen) atoms. The van der Waals surface area contributed by atoms with Gasteiger partial charge in [-0.15, -0.1) is 11.3 Å². The lowest BCUT2D eigenvalue weighted by Crippen LogP contribution is -2.34. The largest absolute Gasteiger partial charge is 0.331 e. The molecule has 0 bridgehead atoms. The SMILES string of the molecule is CC[C@H](c1ccncc1)N(CC)C(=O)c1cc([N+](=O)[O-])c(C)s1. The highest BCUT2D eigenvalue weighted by Gasteiger charge is 2.27. The Bertz CT molecular complexity index is 700. The van der Waals surface area contributed by atoms with Crippen LogP contribution < -0.4 is 0 Å². The summed E-state index contributed by atoms with van der Waals surface area (Å²) in [4.78, 5) is 30.1. The summed E-state index contributed by atoms with van der Waals surface area (Å²) in [5.74, 6) is -0.169. The van der Waals surface area contributed by atoms with Crippen molar-refractivity contribution < 1.29 is 9.72 Å². The summed E-state index contributed by atoms with van der Waals surface area (Å²) in [5, 5.41) is 11.0. The minimum absolute atomic E-state index is 0.00589. The van der Waals surface area contributed by atoms with Crippen LogP contribution in [0.4, 0.5) is 5.69 Å². The highest BCUT2D eigenvalue weighted by molar-refractivity contribution is 7.14. The van der Waals surface area contributed by atoms with Crippen LogP contribution in [0.3, 0.4) is 0 Å². The molecule has 0 saturated carbocycles. The molecule has 0 fully saturated rings. The number of nitro groups is 1. The van der Waals surface area contributed by atoms with E-state index in [9.17, 15) is 14.9 Å². The van der Waals surface area contributed by atoms with Gasteiger partial charge in [0.05, 0.1) is 20.7 Å². The molecule has 0 aliphatic carbocycles. The van der Waals surface area contributed by atoms with Crippen molar-refractivity contribution in [1.82, 2.24) is 9.88 Å². The molecular weight excluding hydrogens is 314 g/mol. The van der Waals surface area contributed by atoms with Crippen LogP contribution in [0.25, 0.3) is 0 Å². The summed E-state index contributed by atoms with van der Waals surface area (Å²) in [6, 6.07) is 5.10. The van der Waals surface area contributed by atoms with E-state index in [1.54, 1.807) is 24.2 Å². The highest BCUT2D eigenvalue weighted by atomic mass is 32.1. The summed E-state index contributed by atoms with van der Waals surface area (Å²) in [6.07, 6.45) is 4.17. The van der Waals surface area contributed by atoms with Gasteiger partial charge < -0.3 is 4.90 Å². The molecular formula is C16H19N3O3S. The van der Waals surface area contributed by atoms with Crippen molar-refractivity contribution >= 4 is 22.9 Å². The smallest absolute Gasteiger partial charge is 0.283 e. The maximum absolute atomic E-state index is 12.8. The number of pyridine rings is 1. The minimum atomic E-state index is -0.445. The first-order valence-corrected chi connectivity index (χ1v) is 8.26. The lowest BCUT2D eigenvalue weighted by molar-refractivity contribution is -0.385. The molecule has 0 unspecified atom stereocenters. The highest BCUT2D eigenvalue weighted by Crippen LogP contribution is 2.32. The fraction of sp³-hybridized carbons (Fsp3) is 0.375. The quantitative estimate of drug-likeness (QED) is 0.592. The molecule has 1 amide bonds. The third kappa shape index (κ3) is 3.56. The van der Waals surface area contributed by atoms with Gasteiger partial charge in [-0.3, -0.25) is 19.9 Å². The standard InChI is InChI=1S/C16H19N3O3S/c1-4-13(12-6-8-17-9-7-12)18(5-2)16(20)15-10-14(19(21)22)11(3)23-15/h6-10,13H,4-5H2,1-3H3/t13-/m1/s1. The van der Waals surface area contributed by atoms with Crippen LogP contribution in [0.2, 0.25) is 0 Å². The maximum Gasteiger partial charge on any atom is 0.283 e. The van der Waals surface area contributed by atoms with Gasteiger partial charge in [-0.05, 0) is 38.0 Å². The third-order valence-corrected chi connectivity index (χ3v) is 4.78. The third-order valence-electron chi connectivity index (χ3n) is 3.75. The summed E-state index contributed by atoms with van der Waals surface area (Å²) >= 11 is 1.17. The number of amides is 1. The first-order chi connectivity index (χ1) is 11.0. The minimum Gasteiger partial charge on any atom is -0.331 e. The number of thiophene rings is 1. The summed E-state index contributed by atoms with van der Waals surface area (Å²) < 4.78 is 0. The predicted octanol–water partition coefficient (Wildman–Crippen LogP) is 3.97. The number of aryl methyl sites for hydroxylation is 1. The average Bonchev–Trinajstić information content (AvgIpc) is 2.95. The lowest BCUT2D eigenvalue weighted by Gasteiger charge is -2.30. The molecule has 2 rings (SSSR count). The Balaban J connectivity index is 2.34. The zero-order valence-electron chi connectivity index (χ0n) is 13.4. The van der Waals surface area contributed by atoms with Gasteiger partial charge in [0.1, 0.15) is 0 Å². The van der Waals surface area contributed by atoms with Crippen LogP contribution in [-0.4, -0.2) is 27.3 Å². The van der Waals surface area contributed by atoms with E-state index in [0.717, 1.165) is 12.0 Å². The molecule has 0 radical (unpaired) electrons. The number of rotatable bonds is 6. The van der Waals surface area contributed by atoms with Crippen LogP contribution in [0, 0.1) is 17.0 Å². The first kappa shape index (κ1) is 17.1. The van der Waals surface area contributed by atoms with Crippen LogP contribution in [0.1, 0.15) is 46.4 Å². The molecule has 122 valence electrons. The van der Waals surface area contributed by atoms with E-state index < -0.39 is 4.92 Å². The molecule has 2 aromatic heterocycles. The van der Waals surface area contributed by atoms with E-state index >= 15 is 0 Å². The second-order valence-electron chi connectivity index (χ2n) is 5.10. The summed E-state index contributed by atoms with van der Waals surface area (Å²) in [7, 11) is 0. The zero-order chi connectivity index (χ0) is 17.0. The fourth-order valence-corrected chi connectivity index (χ4v) is 3.57. The van der Waals surface area contributed by atoms with Crippen molar-refractivity contribution in [3.63, 3.8) is 0 Å². The maximum atomic E-state index is 12.8. The van der Waals surface area contributed by atoms with Gasteiger partial charge in [0.2, 0.25) is 0 Å². The van der Waals surface area contributed by atoms with E-state index in [-0.39, 0.29) is 17.6 Å². The van der Waals surface area contributed by atoms with Crippen molar-refractivity contribution in [3.05, 3.63) is 56.0 Å². The van der Waals surface area contributed by atoms with Crippen molar-refractivity contribution in [2.24, 2.45) is 0 Å². The monoisotopic (exact) mass is 333 g/mol. The molecule has 2 heterocycles. The zero-order valence-corrected chi connectivity index (χ0v) is 14.2. The van der Waals surface area contributed by atoms with E-state index in [4.69, 9.17) is 0 Å². The number of carbonyl (C=O) groups is 1. The molecule has 0 N–H and O–H groups in total. The molecule has 0 saturated heterocycles. The van der Waals surface area contributed by atoms with E-state index in [1.165, 1.54) is 17.4 Å². The Labute approximate surface area is 138 Å². The summed E-state index contributed by atoms with van der Waals surface area (Å²) in [5.41, 5.74) is 1.02. The number of aromatic nitrogens is 1. The molecule has 7 heteroatoms. The van der Waals surface area contributed by atoms with Gasteiger partial charge in [0.15, 0.2) is 0 Å². The molecule has 1 atom stereocenters. The fourth-order valence-electron chi connectivity index (χ4n) is 2.63. The Morgan fingerprint density at radius 2 is 2.04 bits per heavy atom. The topological polar surface area (TPSA) is 76.3 Å². The van der Waals surface area contributed by atoms with Gasteiger partial charge in [0, 0.05) is 25.0 Å². The van der Waals surface area contributed by atoms with Crippen LogP contribution in [-0.2, 0) is 0 Å². The number of carbonyl (C=O) groups excluding carboxylic acids is 1. The predicted molar refractivity (Wildman–Crippen MR) is 89.7 cm³/mol. The van der Waals surface area contributed by atoms with Gasteiger partial charge in [-0.1, -0.05) is 6.92 Å². The van der Waals surface area contributed by atoms with Crippen LogP contribution in [0.5, 0.6) is 0 Å². The normalized spacial score (nSPS) is 12.0. The molecule has 0 spiro atoms. The van der Waals surface area contributed by atoms with Crippen LogP contribution >= 0.6 is 11.3 Å². The first-order valence-electron chi connectivity index (χ1n) is 7.45. The van der Waals surface area contributed by atoms with Crippen molar-refractivity contribution in [1.29, 1.82) is 0 Å².